The molecule has 2 amide bonds. The predicted molar refractivity (Wildman–Crippen MR) is 100 cm³/mol. The number of anilines is 2. The summed E-state index contributed by atoms with van der Waals surface area (Å²) in [5.41, 5.74) is 1.28. The van der Waals surface area contributed by atoms with E-state index in [1.165, 1.54) is 18.2 Å². The molecule has 0 atom stereocenters. The molecule has 0 aliphatic rings. The van der Waals surface area contributed by atoms with Gasteiger partial charge in [-0.15, -0.1) is 0 Å². The molecule has 0 radical (unpaired) electrons. The number of hydrogen-bond acceptors (Lipinski definition) is 3. The van der Waals surface area contributed by atoms with Crippen molar-refractivity contribution in [2.24, 2.45) is 0 Å². The number of rotatable bonds is 4. The van der Waals surface area contributed by atoms with Crippen LogP contribution in [0.4, 0.5) is 15.8 Å². The van der Waals surface area contributed by atoms with Crippen LogP contribution >= 0.6 is 23.8 Å². The van der Waals surface area contributed by atoms with Crippen molar-refractivity contribution in [1.82, 2.24) is 5.32 Å². The quantitative estimate of drug-likeness (QED) is 0.703. The van der Waals surface area contributed by atoms with Gasteiger partial charge in [0, 0.05) is 23.4 Å². The lowest BCUT2D eigenvalue weighted by Crippen LogP contribution is -2.33. The zero-order chi connectivity index (χ0) is 18.4. The van der Waals surface area contributed by atoms with E-state index in [0.29, 0.717) is 23.4 Å². The molecule has 8 heteroatoms. The minimum Gasteiger partial charge on any atom is -0.332 e. The summed E-state index contributed by atoms with van der Waals surface area (Å²) in [7, 11) is 0. The molecule has 0 fully saturated rings. The summed E-state index contributed by atoms with van der Waals surface area (Å²) in [4.78, 5) is 23.6. The molecule has 0 saturated heterocycles. The Hall–Kier alpha value is -2.51. The number of nitrogens with one attached hydrogen (secondary N) is 3. The zero-order valence-corrected chi connectivity index (χ0v) is 14.8. The van der Waals surface area contributed by atoms with Crippen LogP contribution in [0.1, 0.15) is 23.7 Å². The number of carbonyl (C=O) groups is 2. The van der Waals surface area contributed by atoms with Gasteiger partial charge in [0.2, 0.25) is 5.91 Å². The molecule has 3 N–H and O–H groups in total. The largest absolute Gasteiger partial charge is 0.332 e. The Bertz CT molecular complexity index is 829. The van der Waals surface area contributed by atoms with E-state index in [2.05, 4.69) is 16.0 Å². The number of carbonyl (C=O) groups excluding carboxylic acids is 2. The summed E-state index contributed by atoms with van der Waals surface area (Å²) in [6.45, 7) is 1.71. The molecule has 0 aliphatic heterocycles. The van der Waals surface area contributed by atoms with Gasteiger partial charge in [-0.2, -0.15) is 0 Å². The maximum atomic E-state index is 13.2. The molecule has 0 saturated carbocycles. The number of benzene rings is 2. The van der Waals surface area contributed by atoms with Crippen LogP contribution in [0.15, 0.2) is 42.5 Å². The van der Waals surface area contributed by atoms with Gasteiger partial charge in [0.05, 0.1) is 5.02 Å². The van der Waals surface area contributed by atoms with E-state index in [9.17, 15) is 14.0 Å². The summed E-state index contributed by atoms with van der Waals surface area (Å²) in [6.07, 6.45) is 0.310. The molecule has 0 heterocycles. The number of halogens is 2. The molecule has 25 heavy (non-hydrogen) atoms. The Morgan fingerprint density at radius 3 is 2.52 bits per heavy atom. The summed E-state index contributed by atoms with van der Waals surface area (Å²) < 4.78 is 13.2. The fraction of sp³-hybridized carbons (Fsp3) is 0.118. The minimum absolute atomic E-state index is 0.0785. The van der Waals surface area contributed by atoms with Crippen molar-refractivity contribution in [2.45, 2.75) is 13.3 Å². The molecule has 0 aromatic heterocycles. The third-order valence-corrected chi connectivity index (χ3v) is 3.63. The maximum absolute atomic E-state index is 13.2. The Labute approximate surface area is 154 Å². The van der Waals surface area contributed by atoms with Gasteiger partial charge in [0.15, 0.2) is 5.11 Å². The molecule has 5 nitrogen and oxygen atoms in total. The highest BCUT2D eigenvalue weighted by Crippen LogP contribution is 2.20. The second kappa shape index (κ2) is 8.55. The van der Waals surface area contributed by atoms with Gasteiger partial charge < -0.3 is 16.0 Å². The van der Waals surface area contributed by atoms with E-state index in [-0.39, 0.29) is 16.0 Å². The van der Waals surface area contributed by atoms with Crippen molar-refractivity contribution in [3.8, 4) is 0 Å². The Morgan fingerprint density at radius 2 is 1.84 bits per heavy atom. The summed E-state index contributed by atoms with van der Waals surface area (Å²) in [5, 5.41) is 8.04. The van der Waals surface area contributed by atoms with Crippen LogP contribution in [0.3, 0.4) is 0 Å². The van der Waals surface area contributed by atoms with Crippen molar-refractivity contribution >= 4 is 52.1 Å². The van der Waals surface area contributed by atoms with Gasteiger partial charge in [-0.05, 0) is 48.6 Å². The van der Waals surface area contributed by atoms with Crippen molar-refractivity contribution in [3.63, 3.8) is 0 Å². The van der Waals surface area contributed by atoms with Crippen molar-refractivity contribution < 1.29 is 14.0 Å². The lowest BCUT2D eigenvalue weighted by atomic mass is 10.2. The van der Waals surface area contributed by atoms with Crippen LogP contribution in [0.2, 0.25) is 5.02 Å². The van der Waals surface area contributed by atoms with Gasteiger partial charge in [0.25, 0.3) is 5.91 Å². The van der Waals surface area contributed by atoms with E-state index in [4.69, 9.17) is 23.8 Å². The fourth-order valence-corrected chi connectivity index (χ4v) is 2.30. The second-order valence-corrected chi connectivity index (χ2v) is 5.84. The predicted octanol–water partition coefficient (Wildman–Crippen LogP) is 3.95. The molecule has 0 unspecified atom stereocenters. The monoisotopic (exact) mass is 379 g/mol. The summed E-state index contributed by atoms with van der Waals surface area (Å²) >= 11 is 10.7. The first-order valence-electron chi connectivity index (χ1n) is 7.36. The van der Waals surface area contributed by atoms with Crippen LogP contribution in [0, 0.1) is 5.82 Å². The van der Waals surface area contributed by atoms with E-state index in [1.807, 2.05) is 0 Å². The molecule has 2 aromatic rings. The van der Waals surface area contributed by atoms with Gasteiger partial charge >= 0.3 is 0 Å². The smallest absolute Gasteiger partial charge is 0.255 e. The first-order valence-corrected chi connectivity index (χ1v) is 8.15. The fourth-order valence-electron chi connectivity index (χ4n) is 1.89. The van der Waals surface area contributed by atoms with Gasteiger partial charge in [-0.1, -0.05) is 24.6 Å². The molecular formula is C17H15ClFN3O2S. The minimum atomic E-state index is -0.562. The Morgan fingerprint density at radius 1 is 1.12 bits per heavy atom. The SMILES string of the molecule is CCC(=O)NC(=S)Nc1cccc(C(=O)Nc2ccc(F)c(Cl)c2)c1. The Balaban J connectivity index is 2.06. The van der Waals surface area contributed by atoms with Crippen molar-refractivity contribution in [2.75, 3.05) is 10.6 Å². The van der Waals surface area contributed by atoms with Gasteiger partial charge in [-0.3, -0.25) is 9.59 Å². The standard InChI is InChI=1S/C17H15ClFN3O2S/c1-2-15(23)22-17(25)21-11-5-3-4-10(8-11)16(24)20-12-6-7-14(19)13(18)9-12/h3-9H,2H2,1H3,(H,20,24)(H2,21,22,23,25). The van der Waals surface area contributed by atoms with Crippen LogP contribution in [0.25, 0.3) is 0 Å². The molecular weight excluding hydrogens is 365 g/mol. The molecule has 2 aromatic carbocycles. The van der Waals surface area contributed by atoms with Crippen molar-refractivity contribution in [3.05, 3.63) is 58.9 Å². The number of thiocarbonyl (C=S) groups is 1. The third-order valence-electron chi connectivity index (χ3n) is 3.13. The molecule has 0 spiro atoms. The van der Waals surface area contributed by atoms with Crippen LogP contribution in [-0.4, -0.2) is 16.9 Å². The molecule has 0 aliphatic carbocycles. The maximum Gasteiger partial charge on any atom is 0.255 e. The van der Waals surface area contributed by atoms with E-state index in [0.717, 1.165) is 0 Å². The highest BCUT2D eigenvalue weighted by atomic mass is 35.5. The normalized spacial score (nSPS) is 10.0. The summed E-state index contributed by atoms with van der Waals surface area (Å²) in [5.74, 6) is -1.16. The van der Waals surface area contributed by atoms with E-state index in [1.54, 1.807) is 31.2 Å². The average Bonchev–Trinajstić information content (AvgIpc) is 2.58. The lowest BCUT2D eigenvalue weighted by Gasteiger charge is -2.10. The van der Waals surface area contributed by atoms with Crippen LogP contribution < -0.4 is 16.0 Å². The average molecular weight is 380 g/mol. The van der Waals surface area contributed by atoms with Crippen molar-refractivity contribution in [1.29, 1.82) is 0 Å². The van der Waals surface area contributed by atoms with Crippen LogP contribution in [0.5, 0.6) is 0 Å². The second-order valence-electron chi connectivity index (χ2n) is 5.02. The Kier molecular flexibility index (Phi) is 6.44. The highest BCUT2D eigenvalue weighted by Gasteiger charge is 2.09. The highest BCUT2D eigenvalue weighted by molar-refractivity contribution is 7.80. The third kappa shape index (κ3) is 5.51. The zero-order valence-electron chi connectivity index (χ0n) is 13.2. The molecule has 130 valence electrons. The van der Waals surface area contributed by atoms with E-state index < -0.39 is 11.7 Å². The number of amides is 2. The van der Waals surface area contributed by atoms with Gasteiger partial charge in [0.1, 0.15) is 5.82 Å². The van der Waals surface area contributed by atoms with E-state index >= 15 is 0 Å². The lowest BCUT2D eigenvalue weighted by molar-refractivity contribution is -0.119. The van der Waals surface area contributed by atoms with Crippen LogP contribution in [-0.2, 0) is 4.79 Å². The molecule has 2 rings (SSSR count). The number of hydrogen-bond donors (Lipinski definition) is 3. The first-order chi connectivity index (χ1) is 11.9. The van der Waals surface area contributed by atoms with Gasteiger partial charge in [-0.25, -0.2) is 4.39 Å². The molecule has 0 bridgehead atoms. The topological polar surface area (TPSA) is 70.2 Å². The summed E-state index contributed by atoms with van der Waals surface area (Å²) in [6, 6.07) is 10.5. The first kappa shape index (κ1) is 18.8.